The van der Waals surface area contributed by atoms with Gasteiger partial charge in [0.2, 0.25) is 5.71 Å². The Morgan fingerprint density at radius 3 is 2.33 bits per heavy atom. The molecule has 0 fully saturated rings. The molecule has 46 heavy (non-hydrogen) atoms. The zero-order valence-corrected chi connectivity index (χ0v) is 28.5. The summed E-state index contributed by atoms with van der Waals surface area (Å²) in [6.07, 6.45) is 4.07. The van der Waals surface area contributed by atoms with Crippen molar-refractivity contribution in [1.29, 1.82) is 0 Å². The molecule has 7 aromatic rings. The van der Waals surface area contributed by atoms with Crippen molar-refractivity contribution < 1.29 is 32.7 Å². The molecule has 4 aromatic heterocycles. The first-order chi connectivity index (χ1) is 24.1. The fourth-order valence-corrected chi connectivity index (χ4v) is 5.15. The minimum atomic E-state index is -2.29. The number of aromatic nitrogens is 3. The molecule has 1 radical (unpaired) electrons. The van der Waals surface area contributed by atoms with Gasteiger partial charge in [0.25, 0.3) is 0 Å². The van der Waals surface area contributed by atoms with Gasteiger partial charge >= 0.3 is 0 Å². The number of hydrogen-bond acceptors (Lipinski definition) is 4. The molecule has 0 aliphatic rings. The monoisotopic (exact) mass is 786 g/mol. The summed E-state index contributed by atoms with van der Waals surface area (Å²) in [5, 5.41) is 1.63. The van der Waals surface area contributed by atoms with E-state index in [-0.39, 0.29) is 36.8 Å². The van der Waals surface area contributed by atoms with Crippen molar-refractivity contribution in [3.05, 3.63) is 149 Å². The molecular formula is C41H37IrN3O-2. The Labute approximate surface area is 293 Å². The van der Waals surface area contributed by atoms with Crippen LogP contribution in [-0.4, -0.2) is 15.0 Å². The number of aryl methyl sites for hydroxylation is 3. The van der Waals surface area contributed by atoms with Gasteiger partial charge in [0.05, 0.1) is 5.58 Å². The maximum Gasteiger partial charge on any atom is 0.216 e. The molecule has 4 heterocycles. The average Bonchev–Trinajstić information content (AvgIpc) is 3.47. The van der Waals surface area contributed by atoms with Gasteiger partial charge in [-0.15, -0.1) is 54.1 Å². The van der Waals surface area contributed by atoms with E-state index in [4.69, 9.17) is 12.6 Å². The van der Waals surface area contributed by atoms with Crippen LogP contribution in [0.4, 0.5) is 0 Å². The summed E-state index contributed by atoms with van der Waals surface area (Å²) in [5.74, 6) is 0. The summed E-state index contributed by atoms with van der Waals surface area (Å²) in [4.78, 5) is 13.1. The fourth-order valence-electron chi connectivity index (χ4n) is 5.15. The molecule has 0 bridgehead atoms. The largest absolute Gasteiger partial charge is 0.486 e. The van der Waals surface area contributed by atoms with Gasteiger partial charge in [-0.3, -0.25) is 0 Å². The van der Waals surface area contributed by atoms with Gasteiger partial charge in [-0.25, -0.2) is 4.98 Å². The van der Waals surface area contributed by atoms with Gasteiger partial charge in [0.1, 0.15) is 0 Å². The molecule has 0 aliphatic carbocycles. The molecule has 0 saturated carbocycles. The van der Waals surface area contributed by atoms with Crippen molar-refractivity contribution in [2.45, 2.75) is 53.2 Å². The topological polar surface area (TPSA) is 51.8 Å². The maximum atomic E-state index is 7.65. The van der Waals surface area contributed by atoms with Crippen LogP contribution in [0.3, 0.4) is 0 Å². The van der Waals surface area contributed by atoms with Gasteiger partial charge in [-0.1, -0.05) is 74.2 Å². The fraction of sp³-hybridized carbons (Fsp3) is 0.195. The van der Waals surface area contributed by atoms with Crippen molar-refractivity contribution in [2.75, 3.05) is 0 Å². The van der Waals surface area contributed by atoms with E-state index in [0.29, 0.717) is 11.3 Å². The van der Waals surface area contributed by atoms with Crippen molar-refractivity contribution in [2.24, 2.45) is 0 Å². The molecule has 0 spiro atoms. The molecule has 5 heteroatoms. The van der Waals surface area contributed by atoms with Crippen LogP contribution in [-0.2, 0) is 31.9 Å². The van der Waals surface area contributed by atoms with Crippen molar-refractivity contribution in [3.8, 4) is 22.5 Å². The van der Waals surface area contributed by atoms with Crippen LogP contribution in [0.2, 0.25) is 0 Å². The molecule has 0 amide bonds. The van der Waals surface area contributed by atoms with Crippen LogP contribution in [0.5, 0.6) is 0 Å². The first-order valence-electron chi connectivity index (χ1n) is 17.8. The summed E-state index contributed by atoms with van der Waals surface area (Å²) in [5.41, 5.74) is 9.26. The van der Waals surface area contributed by atoms with Crippen LogP contribution in [0.1, 0.15) is 62.5 Å². The van der Waals surface area contributed by atoms with E-state index >= 15 is 0 Å². The predicted molar refractivity (Wildman–Crippen MR) is 184 cm³/mol. The van der Waals surface area contributed by atoms with Crippen molar-refractivity contribution in [3.63, 3.8) is 0 Å². The van der Waals surface area contributed by atoms with E-state index in [2.05, 4.69) is 85.1 Å². The summed E-state index contributed by atoms with van der Waals surface area (Å²) >= 11 is 0. The smallest absolute Gasteiger partial charge is 0.216 e. The Morgan fingerprint density at radius 1 is 0.804 bits per heavy atom. The average molecular weight is 786 g/mol. The predicted octanol–water partition coefficient (Wildman–Crippen LogP) is 10.2. The van der Waals surface area contributed by atoms with Crippen molar-refractivity contribution in [1.82, 2.24) is 15.0 Å². The Morgan fingerprint density at radius 2 is 1.63 bits per heavy atom. The van der Waals surface area contributed by atoms with E-state index < -0.39 is 13.7 Å². The molecule has 0 atom stereocenters. The minimum absolute atomic E-state index is 0. The van der Waals surface area contributed by atoms with E-state index in [9.17, 15) is 0 Å². The third kappa shape index (κ3) is 7.33. The van der Waals surface area contributed by atoms with Crippen LogP contribution in [0.25, 0.3) is 44.6 Å². The second-order valence-electron chi connectivity index (χ2n) is 12.1. The quantitative estimate of drug-likeness (QED) is 0.167. The number of rotatable bonds is 4. The zero-order chi connectivity index (χ0) is 36.6. The number of nitrogens with zero attached hydrogens (tertiary/aromatic N) is 3. The minimum Gasteiger partial charge on any atom is -0.486 e. The Hall–Kier alpha value is -4.44. The van der Waals surface area contributed by atoms with Crippen LogP contribution in [0, 0.1) is 32.8 Å². The molecule has 7 rings (SSSR count). The number of hydrogen-bond donors (Lipinski definition) is 0. The number of pyridine rings is 3. The molecular weight excluding hydrogens is 743 g/mol. The molecule has 0 N–H and O–H groups in total. The Bertz CT molecular complexity index is 2290. The third-order valence-electron chi connectivity index (χ3n) is 7.73. The van der Waals surface area contributed by atoms with Crippen molar-refractivity contribution >= 4 is 22.1 Å². The summed E-state index contributed by atoms with van der Waals surface area (Å²) < 4.78 is 50.7. The zero-order valence-electron chi connectivity index (χ0n) is 32.1. The SMILES string of the molecule is [2H]C([2H])([2H])c1ccc(-c2[c-]cccc2)nc1.[2H]C([2H])([2H])c1ccc2c(n1)oc1c(-c3cc(Cc4ccc(C(C)(C)C)cc4)c(C)cn3)[c-]ccc12.[Ir]. The number of benzene rings is 3. The van der Waals surface area contributed by atoms with Gasteiger partial charge in [-0.2, -0.15) is 0 Å². The van der Waals surface area contributed by atoms with E-state index in [0.717, 1.165) is 45.3 Å². The molecule has 3 aromatic carbocycles. The van der Waals surface area contributed by atoms with Crippen LogP contribution in [0.15, 0.2) is 108 Å². The van der Waals surface area contributed by atoms with E-state index in [1.807, 2.05) is 36.5 Å². The summed E-state index contributed by atoms with van der Waals surface area (Å²) in [6, 6.07) is 35.0. The van der Waals surface area contributed by atoms with Gasteiger partial charge in [0.15, 0.2) is 0 Å². The van der Waals surface area contributed by atoms with Crippen LogP contribution < -0.4 is 0 Å². The third-order valence-corrected chi connectivity index (χ3v) is 7.73. The molecule has 4 nitrogen and oxygen atoms in total. The summed E-state index contributed by atoms with van der Waals surface area (Å²) in [6.45, 7) is 4.34. The van der Waals surface area contributed by atoms with Gasteiger partial charge < -0.3 is 14.4 Å². The standard InChI is InChI=1S/C29H27N2O.C12H10N.Ir/c1-18-17-30-26(16-21(18)15-20-10-12-22(13-11-20)29(3,4)5)25-8-6-7-23-24-14-9-19(2)31-28(24)32-27(23)25;1-10-7-8-12(13-9-10)11-5-3-2-4-6-11;/h6-7,9-14,16-17H,15H2,1-5H3;2-5,7-9H,1H3;/q2*-1;/i2D3;1D3;. The van der Waals surface area contributed by atoms with Gasteiger partial charge in [-0.05, 0) is 83.8 Å². The first kappa shape index (κ1) is 25.7. The van der Waals surface area contributed by atoms with Crippen LogP contribution >= 0.6 is 0 Å². The second-order valence-corrected chi connectivity index (χ2v) is 12.1. The number of fused-ring (bicyclic) bond motifs is 3. The summed E-state index contributed by atoms with van der Waals surface area (Å²) in [7, 11) is 0. The Kier molecular flexibility index (Phi) is 7.77. The first-order valence-corrected chi connectivity index (χ1v) is 14.8. The molecule has 0 unspecified atom stereocenters. The Balaban J connectivity index is 0.000000258. The number of furan rings is 1. The molecule has 0 saturated heterocycles. The normalized spacial score (nSPS) is 13.7. The van der Waals surface area contributed by atoms with E-state index in [1.54, 1.807) is 24.3 Å². The second kappa shape index (κ2) is 13.9. The maximum absolute atomic E-state index is 7.65. The van der Waals surface area contributed by atoms with Gasteiger partial charge in [0, 0.05) is 51.8 Å². The molecule has 0 aliphatic heterocycles. The van der Waals surface area contributed by atoms with E-state index in [1.165, 1.54) is 29.0 Å². The molecule has 233 valence electrons.